The van der Waals surface area contributed by atoms with E-state index in [1.165, 1.54) is 25.2 Å². The van der Waals surface area contributed by atoms with Gasteiger partial charge in [-0.2, -0.15) is 0 Å². The van der Waals surface area contributed by atoms with Gasteiger partial charge in [-0.3, -0.25) is 9.59 Å². The SMILES string of the molecule is CNC(=O)COC(=O)Cc1c(F)cccc1Cl. The van der Waals surface area contributed by atoms with Crippen LogP contribution in [-0.2, 0) is 20.7 Å². The molecule has 0 aliphatic carbocycles. The molecule has 0 atom stereocenters. The minimum Gasteiger partial charge on any atom is -0.455 e. The van der Waals surface area contributed by atoms with Gasteiger partial charge in [-0.1, -0.05) is 17.7 Å². The molecule has 0 heterocycles. The minimum absolute atomic E-state index is 0.0658. The topological polar surface area (TPSA) is 55.4 Å². The smallest absolute Gasteiger partial charge is 0.310 e. The molecule has 17 heavy (non-hydrogen) atoms. The molecule has 1 rings (SSSR count). The zero-order chi connectivity index (χ0) is 12.8. The maximum atomic E-state index is 13.3. The number of hydrogen-bond acceptors (Lipinski definition) is 3. The van der Waals surface area contributed by atoms with Gasteiger partial charge in [-0.25, -0.2) is 4.39 Å². The Morgan fingerprint density at radius 1 is 1.47 bits per heavy atom. The van der Waals surface area contributed by atoms with Crippen molar-refractivity contribution in [3.63, 3.8) is 0 Å². The van der Waals surface area contributed by atoms with Crippen LogP contribution in [0.1, 0.15) is 5.56 Å². The van der Waals surface area contributed by atoms with Crippen LogP contribution in [0.3, 0.4) is 0 Å². The second kappa shape index (κ2) is 6.20. The Kier molecular flexibility index (Phi) is 4.90. The zero-order valence-corrected chi connectivity index (χ0v) is 9.88. The lowest BCUT2D eigenvalue weighted by Crippen LogP contribution is -2.25. The van der Waals surface area contributed by atoms with Crippen LogP contribution in [0.5, 0.6) is 0 Å². The van der Waals surface area contributed by atoms with Crippen LogP contribution < -0.4 is 5.32 Å². The Morgan fingerprint density at radius 2 is 2.18 bits per heavy atom. The first kappa shape index (κ1) is 13.4. The van der Waals surface area contributed by atoms with E-state index in [0.29, 0.717) is 0 Å². The lowest BCUT2D eigenvalue weighted by atomic mass is 10.1. The summed E-state index contributed by atoms with van der Waals surface area (Å²) in [5.74, 6) is -1.71. The molecular formula is C11H11ClFNO3. The molecule has 0 bridgehead atoms. The van der Waals surface area contributed by atoms with Crippen molar-refractivity contribution >= 4 is 23.5 Å². The summed E-state index contributed by atoms with van der Waals surface area (Å²) in [6.45, 7) is -0.387. The predicted molar refractivity (Wildman–Crippen MR) is 60.1 cm³/mol. The van der Waals surface area contributed by atoms with Gasteiger partial charge in [-0.15, -0.1) is 0 Å². The quantitative estimate of drug-likeness (QED) is 0.830. The van der Waals surface area contributed by atoms with Gasteiger partial charge >= 0.3 is 5.97 Å². The molecule has 1 aromatic carbocycles. The first-order valence-electron chi connectivity index (χ1n) is 4.83. The number of likely N-dealkylation sites (N-methyl/N-ethyl adjacent to an activating group) is 1. The molecule has 1 aromatic rings. The fourth-order valence-electron chi connectivity index (χ4n) is 1.11. The van der Waals surface area contributed by atoms with Crippen molar-refractivity contribution in [3.05, 3.63) is 34.6 Å². The van der Waals surface area contributed by atoms with E-state index < -0.39 is 17.7 Å². The number of carbonyl (C=O) groups is 2. The van der Waals surface area contributed by atoms with Crippen molar-refractivity contribution in [1.82, 2.24) is 5.32 Å². The van der Waals surface area contributed by atoms with Crippen molar-refractivity contribution in [2.45, 2.75) is 6.42 Å². The molecule has 0 spiro atoms. The van der Waals surface area contributed by atoms with Crippen LogP contribution in [0, 0.1) is 5.82 Å². The molecule has 4 nitrogen and oxygen atoms in total. The number of amides is 1. The highest BCUT2D eigenvalue weighted by Crippen LogP contribution is 2.19. The zero-order valence-electron chi connectivity index (χ0n) is 9.13. The number of ether oxygens (including phenoxy) is 1. The summed E-state index contributed by atoms with van der Waals surface area (Å²) in [6, 6.07) is 4.12. The van der Waals surface area contributed by atoms with Crippen LogP contribution >= 0.6 is 11.6 Å². The van der Waals surface area contributed by atoms with E-state index in [0.717, 1.165) is 0 Å². The number of benzene rings is 1. The predicted octanol–water partition coefficient (Wildman–Crippen LogP) is 1.31. The number of rotatable bonds is 4. The monoisotopic (exact) mass is 259 g/mol. The fourth-order valence-corrected chi connectivity index (χ4v) is 1.34. The van der Waals surface area contributed by atoms with Crippen molar-refractivity contribution in [1.29, 1.82) is 0 Å². The fraction of sp³-hybridized carbons (Fsp3) is 0.273. The Labute approximate surface area is 103 Å². The molecule has 1 amide bonds. The Balaban J connectivity index is 2.59. The van der Waals surface area contributed by atoms with Gasteiger partial charge in [0.15, 0.2) is 6.61 Å². The third-order valence-electron chi connectivity index (χ3n) is 2.03. The van der Waals surface area contributed by atoms with Crippen LogP contribution in [0.15, 0.2) is 18.2 Å². The Bertz CT molecular complexity index is 416. The average molecular weight is 260 g/mol. The van der Waals surface area contributed by atoms with E-state index >= 15 is 0 Å². The first-order valence-corrected chi connectivity index (χ1v) is 5.21. The number of nitrogens with one attached hydrogen (secondary N) is 1. The summed E-state index contributed by atoms with van der Waals surface area (Å²) < 4.78 is 17.9. The molecule has 6 heteroatoms. The van der Waals surface area contributed by atoms with Crippen molar-refractivity contribution in [3.8, 4) is 0 Å². The second-order valence-corrected chi connectivity index (χ2v) is 3.62. The third kappa shape index (κ3) is 4.03. The average Bonchev–Trinajstić information content (AvgIpc) is 2.31. The summed E-state index contributed by atoms with van der Waals surface area (Å²) >= 11 is 5.74. The van der Waals surface area contributed by atoms with E-state index in [-0.39, 0.29) is 23.6 Å². The highest BCUT2D eigenvalue weighted by atomic mass is 35.5. The van der Waals surface area contributed by atoms with Gasteiger partial charge < -0.3 is 10.1 Å². The summed E-state index contributed by atoms with van der Waals surface area (Å²) in [6.07, 6.45) is -0.303. The molecule has 0 radical (unpaired) electrons. The van der Waals surface area contributed by atoms with Gasteiger partial charge in [0.05, 0.1) is 6.42 Å². The van der Waals surface area contributed by atoms with Crippen LogP contribution in [0.2, 0.25) is 5.02 Å². The molecule has 0 saturated carbocycles. The summed E-state index contributed by atoms with van der Waals surface area (Å²) in [7, 11) is 1.42. The largest absolute Gasteiger partial charge is 0.455 e. The Hall–Kier alpha value is -1.62. The van der Waals surface area contributed by atoms with E-state index in [4.69, 9.17) is 11.6 Å². The second-order valence-electron chi connectivity index (χ2n) is 3.21. The highest BCUT2D eigenvalue weighted by Gasteiger charge is 2.13. The van der Waals surface area contributed by atoms with Crippen LogP contribution in [0.25, 0.3) is 0 Å². The van der Waals surface area contributed by atoms with Gasteiger partial charge in [0.1, 0.15) is 5.82 Å². The molecular weight excluding hydrogens is 249 g/mol. The molecule has 0 aliphatic rings. The number of halogens is 2. The standard InChI is InChI=1S/C11H11ClFNO3/c1-14-10(15)6-17-11(16)5-7-8(12)3-2-4-9(7)13/h2-4H,5-6H2,1H3,(H,14,15). The number of esters is 1. The molecule has 0 aliphatic heterocycles. The normalized spacial score (nSPS) is 9.82. The summed E-state index contributed by atoms with van der Waals surface area (Å²) in [5.41, 5.74) is 0.0658. The maximum Gasteiger partial charge on any atom is 0.310 e. The van der Waals surface area contributed by atoms with Gasteiger partial charge in [0, 0.05) is 17.6 Å². The summed E-state index contributed by atoms with van der Waals surface area (Å²) in [5, 5.41) is 2.45. The molecule has 0 fully saturated rings. The van der Waals surface area contributed by atoms with Crippen molar-refractivity contribution in [2.24, 2.45) is 0 Å². The van der Waals surface area contributed by atoms with Crippen molar-refractivity contribution in [2.75, 3.05) is 13.7 Å². The van der Waals surface area contributed by atoms with E-state index in [1.807, 2.05) is 0 Å². The van der Waals surface area contributed by atoms with E-state index in [1.54, 1.807) is 0 Å². The van der Waals surface area contributed by atoms with Crippen LogP contribution in [0.4, 0.5) is 4.39 Å². The molecule has 0 aromatic heterocycles. The first-order chi connectivity index (χ1) is 8.04. The highest BCUT2D eigenvalue weighted by molar-refractivity contribution is 6.31. The molecule has 92 valence electrons. The lowest BCUT2D eigenvalue weighted by Gasteiger charge is -2.06. The lowest BCUT2D eigenvalue weighted by molar-refractivity contribution is -0.147. The Morgan fingerprint density at radius 3 is 2.76 bits per heavy atom. The van der Waals surface area contributed by atoms with Gasteiger partial charge in [0.2, 0.25) is 0 Å². The van der Waals surface area contributed by atoms with E-state index in [2.05, 4.69) is 10.1 Å². The van der Waals surface area contributed by atoms with Crippen LogP contribution in [-0.4, -0.2) is 25.5 Å². The number of hydrogen-bond donors (Lipinski definition) is 1. The molecule has 1 N–H and O–H groups in total. The maximum absolute atomic E-state index is 13.3. The van der Waals surface area contributed by atoms with Gasteiger partial charge in [-0.05, 0) is 12.1 Å². The van der Waals surface area contributed by atoms with Gasteiger partial charge in [0.25, 0.3) is 5.91 Å². The minimum atomic E-state index is -0.708. The van der Waals surface area contributed by atoms with Crippen molar-refractivity contribution < 1.29 is 18.7 Å². The molecule has 0 saturated heterocycles. The number of carbonyl (C=O) groups excluding carboxylic acids is 2. The summed E-state index contributed by atoms with van der Waals surface area (Å²) in [4.78, 5) is 22.1. The molecule has 0 unspecified atom stereocenters. The third-order valence-corrected chi connectivity index (χ3v) is 2.38. The van der Waals surface area contributed by atoms with E-state index in [9.17, 15) is 14.0 Å².